The lowest BCUT2D eigenvalue weighted by Gasteiger charge is -2.11. The molecule has 1 atom stereocenters. The van der Waals surface area contributed by atoms with Gasteiger partial charge in [0.05, 0.1) is 6.61 Å². The Bertz CT molecular complexity index is 308. The van der Waals surface area contributed by atoms with Gasteiger partial charge in [-0.25, -0.2) is 0 Å². The Morgan fingerprint density at radius 1 is 0.714 bits per heavy atom. The molecule has 0 aliphatic rings. The van der Waals surface area contributed by atoms with Crippen molar-refractivity contribution in [2.24, 2.45) is 11.5 Å². The van der Waals surface area contributed by atoms with Crippen molar-refractivity contribution in [2.45, 2.75) is 122 Å². The molecule has 0 aromatic heterocycles. The van der Waals surface area contributed by atoms with Crippen molar-refractivity contribution in [1.29, 1.82) is 0 Å². The summed E-state index contributed by atoms with van der Waals surface area (Å²) < 4.78 is 5.25. The van der Waals surface area contributed by atoms with Crippen LogP contribution >= 0.6 is 24.8 Å². The van der Waals surface area contributed by atoms with Crippen LogP contribution in [0.3, 0.4) is 0 Å². The second-order valence-corrected chi connectivity index (χ2v) is 7.65. The fourth-order valence-corrected chi connectivity index (χ4v) is 3.20. The Morgan fingerprint density at radius 3 is 1.57 bits per heavy atom. The third-order valence-corrected chi connectivity index (χ3v) is 5.01. The van der Waals surface area contributed by atoms with E-state index in [0.29, 0.717) is 19.6 Å². The smallest absolute Gasteiger partial charge is 0.322 e. The molecule has 0 spiro atoms. The molecule has 28 heavy (non-hydrogen) atoms. The van der Waals surface area contributed by atoms with E-state index < -0.39 is 6.04 Å². The van der Waals surface area contributed by atoms with Crippen LogP contribution < -0.4 is 11.5 Å². The Morgan fingerprint density at radius 2 is 1.14 bits per heavy atom. The minimum Gasteiger partial charge on any atom is -0.465 e. The van der Waals surface area contributed by atoms with Crippen molar-refractivity contribution in [1.82, 2.24) is 0 Å². The molecule has 0 aromatic carbocycles. The van der Waals surface area contributed by atoms with Crippen molar-refractivity contribution in [3.8, 4) is 0 Å². The van der Waals surface area contributed by atoms with Crippen LogP contribution in [0.5, 0.6) is 0 Å². The van der Waals surface area contributed by atoms with E-state index in [-0.39, 0.29) is 30.8 Å². The molecule has 0 saturated carbocycles. The number of hydrogen-bond acceptors (Lipinski definition) is 4. The molecule has 0 radical (unpaired) electrons. The number of nitrogens with two attached hydrogens (primary N) is 2. The molecular weight excluding hydrogens is 395 g/mol. The summed E-state index contributed by atoms with van der Waals surface area (Å²) in [6.45, 7) is 3.44. The van der Waals surface area contributed by atoms with E-state index in [1.807, 2.05) is 0 Å². The van der Waals surface area contributed by atoms with Crippen LogP contribution in [0.1, 0.15) is 116 Å². The third kappa shape index (κ3) is 24.0. The SMILES string of the molecule is CCCCCCCCCCCCCCCCOC(=O)C(N)CCCCN.Cl.Cl. The van der Waals surface area contributed by atoms with Gasteiger partial charge < -0.3 is 16.2 Å². The first-order valence-corrected chi connectivity index (χ1v) is 11.3. The van der Waals surface area contributed by atoms with Crippen molar-refractivity contribution in [3.63, 3.8) is 0 Å². The highest BCUT2D eigenvalue weighted by Gasteiger charge is 2.13. The molecule has 1 unspecified atom stereocenters. The van der Waals surface area contributed by atoms with Crippen molar-refractivity contribution in [3.05, 3.63) is 0 Å². The zero-order valence-corrected chi connectivity index (χ0v) is 19.9. The minimum atomic E-state index is -0.479. The van der Waals surface area contributed by atoms with E-state index in [9.17, 15) is 4.79 Å². The normalized spacial score (nSPS) is 11.4. The van der Waals surface area contributed by atoms with Crippen LogP contribution in [0, 0.1) is 0 Å². The molecule has 0 fully saturated rings. The standard InChI is InChI=1S/C22H46N2O2.2ClH/c1-2-3-4-5-6-7-8-9-10-11-12-13-14-17-20-26-22(25)21(24)18-15-16-19-23;;/h21H,2-20,23-24H2,1H3;2*1H. The molecule has 172 valence electrons. The summed E-state index contributed by atoms with van der Waals surface area (Å²) in [5.41, 5.74) is 11.2. The number of hydrogen-bond donors (Lipinski definition) is 2. The van der Waals surface area contributed by atoms with Crippen LogP contribution in [0.25, 0.3) is 0 Å². The Kier molecular flexibility index (Phi) is 31.4. The van der Waals surface area contributed by atoms with Crippen molar-refractivity contribution < 1.29 is 9.53 Å². The lowest BCUT2D eigenvalue weighted by molar-refractivity contribution is -0.145. The van der Waals surface area contributed by atoms with E-state index in [4.69, 9.17) is 16.2 Å². The maximum atomic E-state index is 11.7. The summed E-state index contributed by atoms with van der Waals surface area (Å²) in [4.78, 5) is 11.7. The summed E-state index contributed by atoms with van der Waals surface area (Å²) in [6, 6.07) is -0.479. The molecule has 0 saturated heterocycles. The molecule has 6 heteroatoms. The molecule has 0 bridgehead atoms. The van der Waals surface area contributed by atoms with Crippen LogP contribution in [0.4, 0.5) is 0 Å². The van der Waals surface area contributed by atoms with Gasteiger partial charge in [-0.1, -0.05) is 96.8 Å². The molecule has 0 amide bonds. The lowest BCUT2D eigenvalue weighted by Crippen LogP contribution is -2.32. The number of unbranched alkanes of at least 4 members (excludes halogenated alkanes) is 14. The summed E-state index contributed by atoms with van der Waals surface area (Å²) in [7, 11) is 0. The van der Waals surface area contributed by atoms with Gasteiger partial charge in [-0.05, 0) is 25.8 Å². The Hall–Kier alpha value is -0.0300. The monoisotopic (exact) mass is 442 g/mol. The van der Waals surface area contributed by atoms with Gasteiger partial charge in [0.25, 0.3) is 0 Å². The zero-order chi connectivity index (χ0) is 19.3. The van der Waals surface area contributed by atoms with E-state index in [1.54, 1.807) is 0 Å². The summed E-state index contributed by atoms with van der Waals surface area (Å²) >= 11 is 0. The number of rotatable bonds is 20. The quantitative estimate of drug-likeness (QED) is 0.171. The van der Waals surface area contributed by atoms with Gasteiger partial charge in [-0.15, -0.1) is 24.8 Å². The highest BCUT2D eigenvalue weighted by Crippen LogP contribution is 2.13. The molecule has 0 aliphatic carbocycles. The molecule has 0 rings (SSSR count). The summed E-state index contributed by atoms with van der Waals surface area (Å²) in [6.07, 6.45) is 21.1. The van der Waals surface area contributed by atoms with Gasteiger partial charge in [0.15, 0.2) is 0 Å². The largest absolute Gasteiger partial charge is 0.465 e. The molecule has 4 nitrogen and oxygen atoms in total. The van der Waals surface area contributed by atoms with E-state index in [0.717, 1.165) is 25.7 Å². The van der Waals surface area contributed by atoms with Crippen molar-refractivity contribution in [2.75, 3.05) is 13.2 Å². The molecule has 0 aliphatic heterocycles. The van der Waals surface area contributed by atoms with Crippen LogP contribution in [-0.2, 0) is 9.53 Å². The average Bonchev–Trinajstić information content (AvgIpc) is 2.64. The van der Waals surface area contributed by atoms with E-state index in [2.05, 4.69) is 6.92 Å². The van der Waals surface area contributed by atoms with Gasteiger partial charge in [-0.2, -0.15) is 0 Å². The number of halogens is 2. The Balaban J connectivity index is -0.00000312. The average molecular weight is 444 g/mol. The van der Waals surface area contributed by atoms with Crippen LogP contribution in [0.15, 0.2) is 0 Å². The maximum Gasteiger partial charge on any atom is 0.322 e. The fourth-order valence-electron chi connectivity index (χ4n) is 3.20. The molecule has 4 N–H and O–H groups in total. The molecular formula is C22H48Cl2N2O2. The number of ether oxygens (including phenoxy) is 1. The Labute approximate surface area is 187 Å². The van der Waals surface area contributed by atoms with Crippen molar-refractivity contribution >= 4 is 30.8 Å². The van der Waals surface area contributed by atoms with E-state index >= 15 is 0 Å². The maximum absolute atomic E-state index is 11.7. The van der Waals surface area contributed by atoms with Gasteiger partial charge in [-0.3, -0.25) is 4.79 Å². The predicted molar refractivity (Wildman–Crippen MR) is 127 cm³/mol. The highest BCUT2D eigenvalue weighted by atomic mass is 35.5. The van der Waals surface area contributed by atoms with Crippen LogP contribution in [0.2, 0.25) is 0 Å². The first-order valence-electron chi connectivity index (χ1n) is 11.3. The van der Waals surface area contributed by atoms with Gasteiger partial charge in [0.1, 0.15) is 6.04 Å². The highest BCUT2D eigenvalue weighted by molar-refractivity contribution is 5.85. The number of esters is 1. The second kappa shape index (κ2) is 27.0. The second-order valence-electron chi connectivity index (χ2n) is 7.65. The van der Waals surface area contributed by atoms with Gasteiger partial charge in [0.2, 0.25) is 0 Å². The zero-order valence-electron chi connectivity index (χ0n) is 18.3. The lowest BCUT2D eigenvalue weighted by atomic mass is 10.0. The third-order valence-electron chi connectivity index (χ3n) is 5.01. The number of carbonyl (C=O) groups excluding carboxylic acids is 1. The molecule has 0 aromatic rings. The summed E-state index contributed by atoms with van der Waals surface area (Å²) in [5.74, 6) is -0.253. The first kappa shape index (κ1) is 32.6. The number of carbonyl (C=O) groups is 1. The predicted octanol–water partition coefficient (Wildman–Crippen LogP) is 6.31. The van der Waals surface area contributed by atoms with Crippen LogP contribution in [-0.4, -0.2) is 25.2 Å². The fraction of sp³-hybridized carbons (Fsp3) is 0.955. The van der Waals surface area contributed by atoms with Gasteiger partial charge >= 0.3 is 5.97 Å². The minimum absolute atomic E-state index is 0. The summed E-state index contributed by atoms with van der Waals surface area (Å²) in [5, 5.41) is 0. The molecule has 0 heterocycles. The van der Waals surface area contributed by atoms with E-state index in [1.165, 1.54) is 77.0 Å². The topological polar surface area (TPSA) is 78.3 Å². The van der Waals surface area contributed by atoms with Gasteiger partial charge in [0, 0.05) is 0 Å². The first-order chi connectivity index (χ1) is 12.7.